The fraction of sp³-hybridized carbons (Fsp3) is 0.632. The van der Waals surface area contributed by atoms with E-state index < -0.39 is 0 Å². The number of ether oxygens (including phenoxy) is 1. The number of nitrogens with zero attached hydrogens (tertiary/aromatic N) is 5. The average Bonchev–Trinajstić information content (AvgIpc) is 3.35. The van der Waals surface area contributed by atoms with Crippen LogP contribution in [0, 0.1) is 5.92 Å². The van der Waals surface area contributed by atoms with Gasteiger partial charge in [-0.2, -0.15) is 4.68 Å². The molecule has 1 saturated carbocycles. The molecule has 1 saturated heterocycles. The Labute approximate surface area is 149 Å². The van der Waals surface area contributed by atoms with Crippen molar-refractivity contribution in [2.24, 2.45) is 5.92 Å². The maximum absolute atomic E-state index is 5.28. The summed E-state index contributed by atoms with van der Waals surface area (Å²) in [6.07, 6.45) is 7.33. The fourth-order valence-electron chi connectivity index (χ4n) is 4.44. The molecule has 0 N–H and O–H groups in total. The van der Waals surface area contributed by atoms with Crippen LogP contribution in [0.1, 0.15) is 51.3 Å². The molecule has 0 amide bonds. The number of aromatic nitrogens is 4. The molecule has 1 aliphatic heterocycles. The van der Waals surface area contributed by atoms with E-state index in [4.69, 9.17) is 4.74 Å². The number of benzene rings is 1. The van der Waals surface area contributed by atoms with Crippen molar-refractivity contribution in [2.75, 3.05) is 20.2 Å². The third-order valence-electron chi connectivity index (χ3n) is 6.02. The summed E-state index contributed by atoms with van der Waals surface area (Å²) in [6.45, 7) is 4.67. The normalized spacial score (nSPS) is 27.5. The molecule has 6 heteroatoms. The van der Waals surface area contributed by atoms with Crippen LogP contribution < -0.4 is 4.74 Å². The van der Waals surface area contributed by atoms with Crippen molar-refractivity contribution in [3.8, 4) is 11.4 Å². The van der Waals surface area contributed by atoms with Crippen molar-refractivity contribution >= 4 is 0 Å². The minimum atomic E-state index is -0.0214. The van der Waals surface area contributed by atoms with Crippen LogP contribution >= 0.6 is 0 Å². The summed E-state index contributed by atoms with van der Waals surface area (Å²) in [6, 6.07) is 7.99. The van der Waals surface area contributed by atoms with Gasteiger partial charge >= 0.3 is 0 Å². The van der Waals surface area contributed by atoms with E-state index in [0.717, 1.165) is 49.1 Å². The smallest absolute Gasteiger partial charge is 0.176 e. The highest BCUT2D eigenvalue weighted by Gasteiger charge is 2.46. The highest BCUT2D eigenvalue weighted by molar-refractivity contribution is 5.37. The summed E-state index contributed by atoms with van der Waals surface area (Å²) in [5.41, 5.74) is 0.977. The Morgan fingerprint density at radius 3 is 2.40 bits per heavy atom. The van der Waals surface area contributed by atoms with E-state index in [-0.39, 0.29) is 5.54 Å². The average molecular weight is 341 g/mol. The predicted octanol–water partition coefficient (Wildman–Crippen LogP) is 3.17. The van der Waals surface area contributed by atoms with Gasteiger partial charge in [0, 0.05) is 0 Å². The van der Waals surface area contributed by atoms with E-state index in [0.29, 0.717) is 0 Å². The molecule has 0 spiro atoms. The Bertz CT molecular complexity index is 697. The summed E-state index contributed by atoms with van der Waals surface area (Å²) < 4.78 is 7.22. The maximum Gasteiger partial charge on any atom is 0.176 e. The molecule has 0 bridgehead atoms. The van der Waals surface area contributed by atoms with Crippen LogP contribution in [0.25, 0.3) is 5.69 Å². The first-order valence-electron chi connectivity index (χ1n) is 9.41. The Balaban J connectivity index is 1.74. The van der Waals surface area contributed by atoms with Crippen LogP contribution in [-0.4, -0.2) is 45.3 Å². The van der Waals surface area contributed by atoms with Crippen LogP contribution in [0.4, 0.5) is 0 Å². The molecule has 134 valence electrons. The molecule has 0 radical (unpaired) electrons. The second-order valence-electron chi connectivity index (χ2n) is 7.52. The highest BCUT2D eigenvalue weighted by Crippen LogP contribution is 2.45. The summed E-state index contributed by atoms with van der Waals surface area (Å²) >= 11 is 0. The lowest BCUT2D eigenvalue weighted by molar-refractivity contribution is 0.0455. The van der Waals surface area contributed by atoms with E-state index in [1.54, 1.807) is 7.11 Å². The van der Waals surface area contributed by atoms with Crippen LogP contribution in [0.3, 0.4) is 0 Å². The lowest BCUT2D eigenvalue weighted by Crippen LogP contribution is -2.48. The Kier molecular flexibility index (Phi) is 4.46. The Morgan fingerprint density at radius 1 is 1.08 bits per heavy atom. The number of tetrazole rings is 1. The number of likely N-dealkylation sites (tertiary alicyclic amines) is 1. The second-order valence-corrected chi connectivity index (χ2v) is 7.52. The second kappa shape index (κ2) is 6.75. The van der Waals surface area contributed by atoms with Gasteiger partial charge in [-0.15, -0.1) is 5.10 Å². The van der Waals surface area contributed by atoms with Crippen LogP contribution in [-0.2, 0) is 5.54 Å². The molecule has 1 aromatic carbocycles. The van der Waals surface area contributed by atoms with E-state index in [2.05, 4.69) is 27.3 Å². The summed E-state index contributed by atoms with van der Waals surface area (Å²) in [5, 5.41) is 12.9. The zero-order chi connectivity index (χ0) is 17.3. The zero-order valence-electron chi connectivity index (χ0n) is 15.2. The van der Waals surface area contributed by atoms with Gasteiger partial charge in [-0.1, -0.05) is 6.92 Å². The Hall–Kier alpha value is -1.95. The van der Waals surface area contributed by atoms with Crippen molar-refractivity contribution in [3.63, 3.8) is 0 Å². The predicted molar refractivity (Wildman–Crippen MR) is 95.8 cm³/mol. The zero-order valence-corrected chi connectivity index (χ0v) is 15.2. The van der Waals surface area contributed by atoms with Gasteiger partial charge < -0.3 is 4.74 Å². The van der Waals surface area contributed by atoms with E-state index in [1.165, 1.54) is 25.7 Å². The Morgan fingerprint density at radius 2 is 1.76 bits per heavy atom. The first kappa shape index (κ1) is 16.5. The number of hydrogen-bond acceptors (Lipinski definition) is 5. The van der Waals surface area contributed by atoms with Crippen molar-refractivity contribution in [2.45, 2.75) is 51.0 Å². The van der Waals surface area contributed by atoms with Gasteiger partial charge in [0.1, 0.15) is 5.75 Å². The van der Waals surface area contributed by atoms with Crippen LogP contribution in [0.5, 0.6) is 5.75 Å². The summed E-state index contributed by atoms with van der Waals surface area (Å²) in [5.74, 6) is 2.65. The lowest BCUT2D eigenvalue weighted by atomic mass is 9.75. The largest absolute Gasteiger partial charge is 0.497 e. The standard InChI is InChI=1S/C19H27N5O/c1-15-9-11-19(12-10-15,23-13-3-4-14-23)18-20-21-22-24(18)16-5-7-17(25-2)8-6-16/h5-8,15H,3-4,9-14H2,1-2H3. The molecule has 1 aliphatic carbocycles. The molecule has 25 heavy (non-hydrogen) atoms. The monoisotopic (exact) mass is 341 g/mol. The van der Waals surface area contributed by atoms with Crippen molar-refractivity contribution in [1.82, 2.24) is 25.1 Å². The quantitative estimate of drug-likeness (QED) is 0.855. The van der Waals surface area contributed by atoms with E-state index in [1.807, 2.05) is 28.9 Å². The molecule has 1 aromatic heterocycles. The van der Waals surface area contributed by atoms with Gasteiger partial charge in [-0.3, -0.25) is 4.90 Å². The molecule has 2 aliphatic rings. The first-order valence-corrected chi connectivity index (χ1v) is 9.41. The summed E-state index contributed by atoms with van der Waals surface area (Å²) in [4.78, 5) is 2.64. The number of hydrogen-bond donors (Lipinski definition) is 0. The van der Waals surface area contributed by atoms with Gasteiger partial charge in [0.2, 0.25) is 0 Å². The molecule has 0 unspecified atom stereocenters. The van der Waals surface area contributed by atoms with E-state index >= 15 is 0 Å². The van der Waals surface area contributed by atoms with Crippen molar-refractivity contribution in [1.29, 1.82) is 0 Å². The number of methoxy groups -OCH3 is 1. The fourth-order valence-corrected chi connectivity index (χ4v) is 4.44. The molecule has 2 fully saturated rings. The van der Waals surface area contributed by atoms with Gasteiger partial charge in [0.25, 0.3) is 0 Å². The highest BCUT2D eigenvalue weighted by atomic mass is 16.5. The van der Waals surface area contributed by atoms with Gasteiger partial charge in [-0.25, -0.2) is 0 Å². The minimum absolute atomic E-state index is 0.0214. The lowest BCUT2D eigenvalue weighted by Gasteiger charge is -2.44. The molecular weight excluding hydrogens is 314 g/mol. The first-order chi connectivity index (χ1) is 12.2. The van der Waals surface area contributed by atoms with Crippen molar-refractivity contribution in [3.05, 3.63) is 30.1 Å². The third kappa shape index (κ3) is 2.92. The molecule has 4 rings (SSSR count). The van der Waals surface area contributed by atoms with Gasteiger partial charge in [0.15, 0.2) is 5.82 Å². The maximum atomic E-state index is 5.28. The summed E-state index contributed by atoms with van der Waals surface area (Å²) in [7, 11) is 1.68. The van der Waals surface area contributed by atoms with Gasteiger partial charge in [-0.05, 0) is 92.2 Å². The molecule has 0 atom stereocenters. The third-order valence-corrected chi connectivity index (χ3v) is 6.02. The molecule has 2 heterocycles. The van der Waals surface area contributed by atoms with Crippen LogP contribution in [0.2, 0.25) is 0 Å². The topological polar surface area (TPSA) is 56.1 Å². The molecule has 2 aromatic rings. The van der Waals surface area contributed by atoms with Crippen molar-refractivity contribution < 1.29 is 4.74 Å². The molecule has 6 nitrogen and oxygen atoms in total. The minimum Gasteiger partial charge on any atom is -0.497 e. The SMILES string of the molecule is COc1ccc(-n2nnnc2C2(N3CCCC3)CCC(C)CC2)cc1. The molecular formula is C19H27N5O. The van der Waals surface area contributed by atoms with Gasteiger partial charge in [0.05, 0.1) is 18.3 Å². The van der Waals surface area contributed by atoms with E-state index in [9.17, 15) is 0 Å². The van der Waals surface area contributed by atoms with Crippen LogP contribution in [0.15, 0.2) is 24.3 Å². The number of rotatable bonds is 4.